The van der Waals surface area contributed by atoms with E-state index in [2.05, 4.69) is 34.1 Å². The number of likely N-dealkylation sites (tertiary alicyclic amines) is 1. The van der Waals surface area contributed by atoms with Crippen molar-refractivity contribution in [2.24, 2.45) is 0 Å². The predicted molar refractivity (Wildman–Crippen MR) is 124 cm³/mol. The van der Waals surface area contributed by atoms with Gasteiger partial charge in [0.25, 0.3) is 5.91 Å². The van der Waals surface area contributed by atoms with Crippen molar-refractivity contribution >= 4 is 5.91 Å². The van der Waals surface area contributed by atoms with E-state index in [1.807, 2.05) is 23.1 Å². The minimum absolute atomic E-state index is 0.147. The highest BCUT2D eigenvalue weighted by atomic mass is 16.7. The first kappa shape index (κ1) is 21.3. The number of hydrogen-bond acceptors (Lipinski definition) is 5. The van der Waals surface area contributed by atoms with Gasteiger partial charge in [-0.2, -0.15) is 0 Å². The quantitative estimate of drug-likeness (QED) is 0.716. The highest BCUT2D eigenvalue weighted by Gasteiger charge is 2.23. The Labute approximate surface area is 190 Å². The van der Waals surface area contributed by atoms with Crippen LogP contribution in [0.25, 0.3) is 0 Å². The molecule has 5 rings (SSSR count). The average molecular weight is 436 g/mol. The lowest BCUT2D eigenvalue weighted by Crippen LogP contribution is -2.48. The zero-order chi connectivity index (χ0) is 21.8. The Morgan fingerprint density at radius 1 is 0.688 bits per heavy atom. The lowest BCUT2D eigenvalue weighted by Gasteiger charge is -2.34. The molecule has 170 valence electrons. The van der Waals surface area contributed by atoms with Crippen LogP contribution in [-0.2, 0) is 13.1 Å². The second kappa shape index (κ2) is 9.92. The normalized spacial score (nSPS) is 19.7. The zero-order valence-corrected chi connectivity index (χ0v) is 18.8. The van der Waals surface area contributed by atoms with Crippen molar-refractivity contribution < 1.29 is 14.3 Å². The van der Waals surface area contributed by atoms with Crippen molar-refractivity contribution in [1.82, 2.24) is 14.7 Å². The summed E-state index contributed by atoms with van der Waals surface area (Å²) in [5.74, 6) is 1.80. The number of piperazine rings is 1. The average Bonchev–Trinajstić information content (AvgIpc) is 3.14. The number of benzene rings is 2. The van der Waals surface area contributed by atoms with Crippen LogP contribution in [0.4, 0.5) is 0 Å². The summed E-state index contributed by atoms with van der Waals surface area (Å²) in [6, 6.07) is 14.4. The fraction of sp³-hybridized carbons (Fsp3) is 0.500. The summed E-state index contributed by atoms with van der Waals surface area (Å²) in [4.78, 5) is 19.9. The number of carbonyl (C=O) groups excluding carboxylic acids is 1. The second-order valence-electron chi connectivity index (χ2n) is 9.14. The van der Waals surface area contributed by atoms with Crippen molar-refractivity contribution in [3.05, 3.63) is 59.2 Å². The Hall–Kier alpha value is -2.57. The Morgan fingerprint density at radius 2 is 1.31 bits per heavy atom. The molecule has 0 aliphatic carbocycles. The molecule has 6 heteroatoms. The van der Waals surface area contributed by atoms with Gasteiger partial charge in [-0.1, -0.05) is 31.0 Å². The molecule has 3 aliphatic heterocycles. The van der Waals surface area contributed by atoms with Gasteiger partial charge in [0, 0.05) is 44.8 Å². The van der Waals surface area contributed by atoms with Crippen LogP contribution in [0.1, 0.15) is 47.2 Å². The standard InChI is InChI=1S/C26H33N3O3/c30-26(23-8-5-21(6-9-23)18-27-11-3-1-2-4-12-27)29-15-13-28(14-16-29)19-22-7-10-24-25(17-22)32-20-31-24/h5-10,17H,1-4,11-16,18-20H2. The van der Waals surface area contributed by atoms with Crippen LogP contribution in [0.2, 0.25) is 0 Å². The van der Waals surface area contributed by atoms with Gasteiger partial charge < -0.3 is 14.4 Å². The summed E-state index contributed by atoms with van der Waals surface area (Å²) >= 11 is 0. The van der Waals surface area contributed by atoms with Gasteiger partial charge in [-0.25, -0.2) is 0 Å². The molecule has 32 heavy (non-hydrogen) atoms. The third-order valence-corrected chi connectivity index (χ3v) is 6.81. The van der Waals surface area contributed by atoms with E-state index < -0.39 is 0 Å². The van der Waals surface area contributed by atoms with Crippen LogP contribution >= 0.6 is 0 Å². The maximum atomic E-state index is 13.0. The Bertz CT molecular complexity index is 914. The van der Waals surface area contributed by atoms with Crippen LogP contribution in [0.3, 0.4) is 0 Å². The molecular formula is C26H33N3O3. The molecule has 0 atom stereocenters. The van der Waals surface area contributed by atoms with Crippen molar-refractivity contribution in [2.75, 3.05) is 46.1 Å². The number of nitrogens with zero attached hydrogens (tertiary/aromatic N) is 3. The summed E-state index contributed by atoms with van der Waals surface area (Å²) in [7, 11) is 0. The smallest absolute Gasteiger partial charge is 0.253 e. The summed E-state index contributed by atoms with van der Waals surface area (Å²) in [6.07, 6.45) is 5.32. The molecule has 3 aliphatic rings. The van der Waals surface area contributed by atoms with Gasteiger partial charge in [0.2, 0.25) is 6.79 Å². The van der Waals surface area contributed by atoms with Crippen LogP contribution in [0.15, 0.2) is 42.5 Å². The molecule has 0 bridgehead atoms. The maximum Gasteiger partial charge on any atom is 0.253 e. The molecule has 3 heterocycles. The van der Waals surface area contributed by atoms with Gasteiger partial charge >= 0.3 is 0 Å². The second-order valence-corrected chi connectivity index (χ2v) is 9.14. The van der Waals surface area contributed by atoms with Gasteiger partial charge in [-0.15, -0.1) is 0 Å². The van der Waals surface area contributed by atoms with E-state index in [4.69, 9.17) is 9.47 Å². The summed E-state index contributed by atoms with van der Waals surface area (Å²) in [5.41, 5.74) is 3.32. The molecule has 2 saturated heterocycles. The van der Waals surface area contributed by atoms with Gasteiger partial charge in [-0.3, -0.25) is 14.6 Å². The minimum Gasteiger partial charge on any atom is -0.454 e. The van der Waals surface area contributed by atoms with Crippen LogP contribution < -0.4 is 9.47 Å². The molecule has 0 spiro atoms. The lowest BCUT2D eigenvalue weighted by molar-refractivity contribution is 0.0628. The molecule has 0 aromatic heterocycles. The number of carbonyl (C=O) groups is 1. The van der Waals surface area contributed by atoms with E-state index >= 15 is 0 Å². The van der Waals surface area contributed by atoms with Crippen molar-refractivity contribution in [3.8, 4) is 11.5 Å². The van der Waals surface area contributed by atoms with Gasteiger partial charge in [0.1, 0.15) is 0 Å². The first-order valence-corrected chi connectivity index (χ1v) is 12.0. The molecule has 6 nitrogen and oxygen atoms in total. The van der Waals surface area contributed by atoms with Crippen molar-refractivity contribution in [3.63, 3.8) is 0 Å². The molecule has 2 aromatic rings. The van der Waals surface area contributed by atoms with E-state index in [9.17, 15) is 4.79 Å². The van der Waals surface area contributed by atoms with E-state index in [0.29, 0.717) is 6.79 Å². The first-order chi connectivity index (χ1) is 15.7. The molecule has 2 aromatic carbocycles. The number of ether oxygens (including phenoxy) is 2. The summed E-state index contributed by atoms with van der Waals surface area (Å²) < 4.78 is 10.9. The third kappa shape index (κ3) is 5.08. The monoisotopic (exact) mass is 435 g/mol. The first-order valence-electron chi connectivity index (χ1n) is 12.0. The fourth-order valence-corrected chi connectivity index (χ4v) is 4.89. The maximum absolute atomic E-state index is 13.0. The van der Waals surface area contributed by atoms with Gasteiger partial charge in [0.05, 0.1) is 0 Å². The predicted octanol–water partition coefficient (Wildman–Crippen LogP) is 3.75. The molecule has 0 N–H and O–H groups in total. The minimum atomic E-state index is 0.147. The lowest BCUT2D eigenvalue weighted by atomic mass is 10.1. The Balaban J connectivity index is 1.11. The molecular weight excluding hydrogens is 402 g/mol. The Kier molecular flexibility index (Phi) is 6.60. The van der Waals surface area contributed by atoms with E-state index in [0.717, 1.165) is 56.3 Å². The highest BCUT2D eigenvalue weighted by molar-refractivity contribution is 5.94. The molecule has 2 fully saturated rings. The number of hydrogen-bond donors (Lipinski definition) is 0. The SMILES string of the molecule is O=C(c1ccc(CN2CCCCCC2)cc1)N1CCN(Cc2ccc3c(c2)OCO3)CC1. The number of rotatable bonds is 5. The number of amides is 1. The van der Waals surface area contributed by atoms with Gasteiger partial charge in [-0.05, 0) is 61.3 Å². The van der Waals surface area contributed by atoms with Crippen molar-refractivity contribution in [2.45, 2.75) is 38.8 Å². The van der Waals surface area contributed by atoms with E-state index in [1.165, 1.54) is 49.9 Å². The fourth-order valence-electron chi connectivity index (χ4n) is 4.89. The number of fused-ring (bicyclic) bond motifs is 1. The summed E-state index contributed by atoms with van der Waals surface area (Å²) in [6.45, 7) is 7.84. The van der Waals surface area contributed by atoms with E-state index in [1.54, 1.807) is 0 Å². The van der Waals surface area contributed by atoms with Crippen LogP contribution in [-0.4, -0.2) is 66.7 Å². The zero-order valence-electron chi connectivity index (χ0n) is 18.8. The molecule has 0 radical (unpaired) electrons. The Morgan fingerprint density at radius 3 is 2.06 bits per heavy atom. The van der Waals surface area contributed by atoms with Crippen molar-refractivity contribution in [1.29, 1.82) is 0 Å². The topological polar surface area (TPSA) is 45.3 Å². The van der Waals surface area contributed by atoms with Crippen LogP contribution in [0.5, 0.6) is 11.5 Å². The molecule has 1 amide bonds. The van der Waals surface area contributed by atoms with Crippen LogP contribution in [0, 0.1) is 0 Å². The summed E-state index contributed by atoms with van der Waals surface area (Å²) in [5, 5.41) is 0. The van der Waals surface area contributed by atoms with Gasteiger partial charge in [0.15, 0.2) is 11.5 Å². The largest absolute Gasteiger partial charge is 0.454 e. The molecule has 0 saturated carbocycles. The van der Waals surface area contributed by atoms with E-state index in [-0.39, 0.29) is 5.91 Å². The highest BCUT2D eigenvalue weighted by Crippen LogP contribution is 2.32. The third-order valence-electron chi connectivity index (χ3n) is 6.81. The molecule has 0 unspecified atom stereocenters.